The highest BCUT2D eigenvalue weighted by Gasteiger charge is 2.16. The predicted octanol–water partition coefficient (Wildman–Crippen LogP) is 1.77. The Bertz CT molecular complexity index is 1050. The average Bonchev–Trinajstić information content (AvgIpc) is 3.30. The standard InChI is InChI=1S/C15H16N6OS2/c1-19(6-3-12-16-5-8-23-12)9-11-17-18-15-20(2)14(22)13-10(21(11)15)4-7-24-13/h4-5,7-8H,3,6,9H2,1-2H3. The molecule has 0 aliphatic carbocycles. The molecule has 0 saturated heterocycles. The van der Waals surface area contributed by atoms with Crippen LogP contribution >= 0.6 is 22.7 Å². The number of fused-ring (bicyclic) bond motifs is 3. The molecule has 0 atom stereocenters. The van der Waals surface area contributed by atoms with Crippen LogP contribution in [0, 0.1) is 0 Å². The Morgan fingerprint density at radius 1 is 1.25 bits per heavy atom. The third kappa shape index (κ3) is 2.54. The van der Waals surface area contributed by atoms with E-state index in [0.717, 1.165) is 34.0 Å². The van der Waals surface area contributed by atoms with Crippen molar-refractivity contribution in [3.05, 3.63) is 44.2 Å². The van der Waals surface area contributed by atoms with Crippen LogP contribution in [0.25, 0.3) is 16.0 Å². The van der Waals surface area contributed by atoms with Crippen LogP contribution in [-0.2, 0) is 20.0 Å². The average molecular weight is 360 g/mol. The van der Waals surface area contributed by atoms with E-state index in [-0.39, 0.29) is 5.56 Å². The van der Waals surface area contributed by atoms with Gasteiger partial charge in [-0.1, -0.05) is 0 Å². The van der Waals surface area contributed by atoms with Gasteiger partial charge in [-0.3, -0.25) is 18.7 Å². The lowest BCUT2D eigenvalue weighted by Gasteiger charge is -2.15. The summed E-state index contributed by atoms with van der Waals surface area (Å²) in [4.78, 5) is 18.9. The van der Waals surface area contributed by atoms with Crippen LogP contribution < -0.4 is 5.56 Å². The van der Waals surface area contributed by atoms with Gasteiger partial charge in [-0.05, 0) is 18.5 Å². The van der Waals surface area contributed by atoms with Crippen LogP contribution in [0.2, 0.25) is 0 Å². The maximum Gasteiger partial charge on any atom is 0.272 e. The monoisotopic (exact) mass is 360 g/mol. The van der Waals surface area contributed by atoms with E-state index in [4.69, 9.17) is 0 Å². The Morgan fingerprint density at radius 2 is 2.12 bits per heavy atom. The Kier molecular flexibility index (Phi) is 3.91. The van der Waals surface area contributed by atoms with E-state index in [1.807, 2.05) is 27.4 Å². The third-order valence-electron chi connectivity index (χ3n) is 4.00. The van der Waals surface area contributed by atoms with Gasteiger partial charge in [0.15, 0.2) is 5.82 Å². The highest BCUT2D eigenvalue weighted by Crippen LogP contribution is 2.19. The molecule has 0 fully saturated rings. The summed E-state index contributed by atoms with van der Waals surface area (Å²) >= 11 is 3.13. The number of hydrogen-bond donors (Lipinski definition) is 0. The number of hydrogen-bond acceptors (Lipinski definition) is 7. The zero-order valence-electron chi connectivity index (χ0n) is 13.3. The first-order valence-corrected chi connectivity index (χ1v) is 9.28. The van der Waals surface area contributed by atoms with E-state index in [2.05, 4.69) is 27.1 Å². The number of thiazole rings is 1. The summed E-state index contributed by atoms with van der Waals surface area (Å²) in [6.07, 6.45) is 2.75. The van der Waals surface area contributed by atoms with E-state index < -0.39 is 0 Å². The fraction of sp³-hybridized carbons (Fsp3) is 0.333. The molecule has 0 radical (unpaired) electrons. The molecule has 0 unspecified atom stereocenters. The molecule has 0 saturated carbocycles. The van der Waals surface area contributed by atoms with Crippen molar-refractivity contribution in [3.63, 3.8) is 0 Å². The van der Waals surface area contributed by atoms with Gasteiger partial charge in [-0.2, -0.15) is 0 Å². The van der Waals surface area contributed by atoms with Crippen molar-refractivity contribution in [1.82, 2.24) is 29.0 Å². The third-order valence-corrected chi connectivity index (χ3v) is 5.73. The molecular weight excluding hydrogens is 344 g/mol. The topological polar surface area (TPSA) is 68.3 Å². The second-order valence-corrected chi connectivity index (χ2v) is 7.56. The van der Waals surface area contributed by atoms with Gasteiger partial charge in [-0.25, -0.2) is 4.98 Å². The molecule has 24 heavy (non-hydrogen) atoms. The molecular formula is C15H16N6OS2. The minimum Gasteiger partial charge on any atom is -0.299 e. The quantitative estimate of drug-likeness (QED) is 0.543. The van der Waals surface area contributed by atoms with Gasteiger partial charge in [0.25, 0.3) is 5.56 Å². The van der Waals surface area contributed by atoms with E-state index >= 15 is 0 Å². The van der Waals surface area contributed by atoms with Crippen LogP contribution in [0.3, 0.4) is 0 Å². The van der Waals surface area contributed by atoms with Gasteiger partial charge < -0.3 is 0 Å². The number of likely N-dealkylation sites (N-methyl/N-ethyl adjacent to an activating group) is 1. The Labute approximate surface area is 145 Å². The van der Waals surface area contributed by atoms with Gasteiger partial charge in [0.05, 0.1) is 17.1 Å². The number of aromatic nitrogens is 5. The number of thiophene rings is 1. The van der Waals surface area contributed by atoms with Crippen LogP contribution in [-0.4, -0.2) is 42.6 Å². The molecule has 0 aliphatic heterocycles. The van der Waals surface area contributed by atoms with Crippen molar-refractivity contribution in [2.45, 2.75) is 13.0 Å². The van der Waals surface area contributed by atoms with Gasteiger partial charge in [0.1, 0.15) is 4.70 Å². The van der Waals surface area contributed by atoms with Crippen molar-refractivity contribution in [2.75, 3.05) is 13.6 Å². The first kappa shape index (κ1) is 15.4. The zero-order chi connectivity index (χ0) is 16.7. The van der Waals surface area contributed by atoms with E-state index in [9.17, 15) is 4.79 Å². The number of rotatable bonds is 5. The van der Waals surface area contributed by atoms with Crippen LogP contribution in [0.5, 0.6) is 0 Å². The summed E-state index contributed by atoms with van der Waals surface area (Å²) in [5.41, 5.74) is 0.856. The Morgan fingerprint density at radius 3 is 2.92 bits per heavy atom. The molecule has 0 amide bonds. The van der Waals surface area contributed by atoms with Gasteiger partial charge in [-0.15, -0.1) is 32.9 Å². The minimum absolute atomic E-state index is 0.0245. The van der Waals surface area contributed by atoms with Gasteiger partial charge >= 0.3 is 0 Å². The largest absolute Gasteiger partial charge is 0.299 e. The first-order chi connectivity index (χ1) is 11.6. The number of nitrogens with zero attached hydrogens (tertiary/aromatic N) is 6. The highest BCUT2D eigenvalue weighted by atomic mass is 32.1. The lowest BCUT2D eigenvalue weighted by atomic mass is 10.4. The molecule has 4 aromatic rings. The van der Waals surface area contributed by atoms with Crippen molar-refractivity contribution in [2.24, 2.45) is 7.05 Å². The molecule has 0 spiro atoms. The fourth-order valence-electron chi connectivity index (χ4n) is 2.74. The molecule has 4 heterocycles. The fourth-order valence-corrected chi connectivity index (χ4v) is 4.20. The van der Waals surface area contributed by atoms with E-state index in [1.54, 1.807) is 23.0 Å². The number of aryl methyl sites for hydroxylation is 1. The molecule has 124 valence electrons. The molecule has 9 heteroatoms. The summed E-state index contributed by atoms with van der Waals surface area (Å²) in [6, 6.07) is 1.96. The highest BCUT2D eigenvalue weighted by molar-refractivity contribution is 7.17. The lowest BCUT2D eigenvalue weighted by molar-refractivity contribution is 0.321. The van der Waals surface area contributed by atoms with Crippen molar-refractivity contribution < 1.29 is 0 Å². The maximum absolute atomic E-state index is 12.3. The van der Waals surface area contributed by atoms with E-state index in [0.29, 0.717) is 12.3 Å². The first-order valence-electron chi connectivity index (χ1n) is 7.52. The van der Waals surface area contributed by atoms with Crippen molar-refractivity contribution in [3.8, 4) is 0 Å². The molecule has 4 aromatic heterocycles. The summed E-state index contributed by atoms with van der Waals surface area (Å²) in [6.45, 7) is 1.55. The van der Waals surface area contributed by atoms with Crippen molar-refractivity contribution in [1.29, 1.82) is 0 Å². The molecule has 0 bridgehead atoms. The Balaban J connectivity index is 1.66. The molecule has 0 N–H and O–H groups in total. The second-order valence-electron chi connectivity index (χ2n) is 5.66. The van der Waals surface area contributed by atoms with Gasteiger partial charge in [0.2, 0.25) is 5.78 Å². The van der Waals surface area contributed by atoms with Crippen LogP contribution in [0.4, 0.5) is 0 Å². The van der Waals surface area contributed by atoms with Crippen LogP contribution in [0.15, 0.2) is 27.8 Å². The summed E-state index contributed by atoms with van der Waals surface area (Å²) in [5, 5.41) is 13.6. The smallest absolute Gasteiger partial charge is 0.272 e. The molecule has 0 aromatic carbocycles. The summed E-state index contributed by atoms with van der Waals surface area (Å²) in [5.74, 6) is 1.42. The zero-order valence-corrected chi connectivity index (χ0v) is 15.0. The molecule has 4 rings (SSSR count). The predicted molar refractivity (Wildman–Crippen MR) is 95.8 cm³/mol. The molecule has 0 aliphatic rings. The van der Waals surface area contributed by atoms with Gasteiger partial charge in [0, 0.05) is 31.6 Å². The van der Waals surface area contributed by atoms with Crippen LogP contribution in [0.1, 0.15) is 10.8 Å². The molecule has 7 nitrogen and oxygen atoms in total. The SMILES string of the molecule is CN(CCc1nccs1)Cc1nnc2n(C)c(=O)c3sccc3n12. The second kappa shape index (κ2) is 6.08. The summed E-state index contributed by atoms with van der Waals surface area (Å²) in [7, 11) is 3.79. The maximum atomic E-state index is 12.3. The normalized spacial score (nSPS) is 12.0. The minimum atomic E-state index is -0.0245. The van der Waals surface area contributed by atoms with Crippen molar-refractivity contribution >= 4 is 38.7 Å². The van der Waals surface area contributed by atoms with E-state index in [1.165, 1.54) is 11.3 Å². The summed E-state index contributed by atoms with van der Waals surface area (Å²) < 4.78 is 4.27. The Hall–Kier alpha value is -2.10. The lowest BCUT2D eigenvalue weighted by Crippen LogP contribution is -2.23.